The quantitative estimate of drug-likeness (QED) is 0.501. The number of methoxy groups -OCH3 is 1. The summed E-state index contributed by atoms with van der Waals surface area (Å²) in [7, 11) is 1.55. The minimum absolute atomic E-state index is 0.0393. The second-order valence-electron chi connectivity index (χ2n) is 10.4. The van der Waals surface area contributed by atoms with Crippen LogP contribution in [0.1, 0.15) is 57.7 Å². The monoisotopic (exact) mass is 541 g/mol. The molecular formula is C32H35N3O5. The van der Waals surface area contributed by atoms with E-state index in [1.54, 1.807) is 41.2 Å². The summed E-state index contributed by atoms with van der Waals surface area (Å²) in [5.41, 5.74) is 1.97. The van der Waals surface area contributed by atoms with Gasteiger partial charge in [0.2, 0.25) is 5.91 Å². The van der Waals surface area contributed by atoms with Gasteiger partial charge < -0.3 is 19.7 Å². The number of piperidine rings is 1. The highest BCUT2D eigenvalue weighted by molar-refractivity contribution is 5.99. The molecule has 3 aromatic carbocycles. The Labute approximate surface area is 234 Å². The molecule has 0 unspecified atom stereocenters. The van der Waals surface area contributed by atoms with Gasteiger partial charge in [0.1, 0.15) is 17.5 Å². The third kappa shape index (κ3) is 5.31. The molecule has 2 fully saturated rings. The molecule has 0 saturated carbocycles. The maximum Gasteiger partial charge on any atom is 0.257 e. The summed E-state index contributed by atoms with van der Waals surface area (Å²) in [6.07, 6.45) is 0.802. The van der Waals surface area contributed by atoms with Crippen molar-refractivity contribution in [3.63, 3.8) is 0 Å². The van der Waals surface area contributed by atoms with Crippen molar-refractivity contribution in [2.45, 2.75) is 44.5 Å². The lowest BCUT2D eigenvalue weighted by Gasteiger charge is -2.44. The fourth-order valence-corrected chi connectivity index (χ4v) is 5.64. The molecule has 0 bridgehead atoms. The van der Waals surface area contributed by atoms with Gasteiger partial charge in [-0.3, -0.25) is 19.3 Å². The molecule has 2 heterocycles. The Morgan fingerprint density at radius 3 is 2.35 bits per heavy atom. The largest absolute Gasteiger partial charge is 0.497 e. The first-order chi connectivity index (χ1) is 19.3. The van der Waals surface area contributed by atoms with Crippen LogP contribution in [0.25, 0.3) is 0 Å². The lowest BCUT2D eigenvalue weighted by molar-refractivity contribution is -0.128. The number of likely N-dealkylation sites (tertiary alicyclic amines) is 1. The van der Waals surface area contributed by atoms with Crippen LogP contribution in [0.15, 0.2) is 78.9 Å². The molecule has 1 N–H and O–H groups in total. The second kappa shape index (κ2) is 11.5. The summed E-state index contributed by atoms with van der Waals surface area (Å²) < 4.78 is 11.7. The third-order valence-electron chi connectivity index (χ3n) is 7.96. The minimum Gasteiger partial charge on any atom is -0.497 e. The predicted molar refractivity (Wildman–Crippen MR) is 151 cm³/mol. The number of rotatable bonds is 6. The van der Waals surface area contributed by atoms with Crippen molar-refractivity contribution in [2.75, 3.05) is 26.8 Å². The molecule has 2 aliphatic heterocycles. The third-order valence-corrected chi connectivity index (χ3v) is 7.96. The Balaban J connectivity index is 1.40. The van der Waals surface area contributed by atoms with Crippen LogP contribution in [0.3, 0.4) is 0 Å². The molecule has 5 rings (SSSR count). The number of carbonyl (C=O) groups is 3. The van der Waals surface area contributed by atoms with E-state index < -0.39 is 11.8 Å². The molecule has 2 aliphatic rings. The van der Waals surface area contributed by atoms with Gasteiger partial charge in [-0.15, -0.1) is 0 Å². The Morgan fingerprint density at radius 2 is 1.65 bits per heavy atom. The van der Waals surface area contributed by atoms with E-state index in [4.69, 9.17) is 9.47 Å². The van der Waals surface area contributed by atoms with Crippen molar-refractivity contribution < 1.29 is 23.9 Å². The first-order valence-electron chi connectivity index (χ1n) is 13.6. The number of ether oxygens (including phenoxy) is 2. The second-order valence-corrected chi connectivity index (χ2v) is 10.4. The van der Waals surface area contributed by atoms with Gasteiger partial charge in [0.05, 0.1) is 19.8 Å². The van der Waals surface area contributed by atoms with Gasteiger partial charge in [0.25, 0.3) is 11.8 Å². The smallest absolute Gasteiger partial charge is 0.257 e. The Bertz CT molecular complexity index is 1380. The first kappa shape index (κ1) is 27.4. The molecule has 2 atom stereocenters. The van der Waals surface area contributed by atoms with Gasteiger partial charge in [0, 0.05) is 37.1 Å². The van der Waals surface area contributed by atoms with E-state index in [0.29, 0.717) is 42.8 Å². The van der Waals surface area contributed by atoms with E-state index in [-0.39, 0.29) is 30.4 Å². The zero-order chi connectivity index (χ0) is 28.3. The van der Waals surface area contributed by atoms with E-state index in [1.165, 1.54) is 0 Å². The van der Waals surface area contributed by atoms with Crippen molar-refractivity contribution in [3.05, 3.63) is 101 Å². The summed E-state index contributed by atoms with van der Waals surface area (Å²) in [6.45, 7) is 4.73. The number of benzene rings is 3. The average molecular weight is 542 g/mol. The maximum atomic E-state index is 14.1. The van der Waals surface area contributed by atoms with Gasteiger partial charge in [-0.05, 0) is 49.2 Å². The minimum atomic E-state index is -0.999. The molecular weight excluding hydrogens is 506 g/mol. The van der Waals surface area contributed by atoms with E-state index >= 15 is 0 Å². The zero-order valence-electron chi connectivity index (χ0n) is 23.1. The molecule has 0 radical (unpaired) electrons. The summed E-state index contributed by atoms with van der Waals surface area (Å²) >= 11 is 0. The highest BCUT2D eigenvalue weighted by Gasteiger charge is 2.54. The molecule has 0 aliphatic carbocycles. The lowest BCUT2D eigenvalue weighted by Crippen LogP contribution is -2.60. The van der Waals surface area contributed by atoms with Gasteiger partial charge in [-0.25, -0.2) is 0 Å². The highest BCUT2D eigenvalue weighted by atomic mass is 16.5. The summed E-state index contributed by atoms with van der Waals surface area (Å²) in [4.78, 5) is 44.4. The standard InChI is InChI=1S/C32H35N3O5/c1-22-10-7-8-15-27(22)31(38)34-18-16-32(17-19-34)35(30(37)25-13-9-14-26(20-25)39-3)28(21-40-32)29(36)33-23(2)24-11-5-4-6-12-24/h4-15,20,23,28H,16-19,21H2,1-3H3,(H,33,36)/t23-,28-/m1/s1. The molecule has 0 aromatic heterocycles. The van der Waals surface area contributed by atoms with Gasteiger partial charge in [-0.2, -0.15) is 0 Å². The molecule has 2 saturated heterocycles. The SMILES string of the molecule is COc1cccc(C(=O)N2[C@@H](C(=O)N[C@H](C)c3ccccc3)COC23CCN(C(=O)c2ccccc2C)CC3)c1. The molecule has 1 spiro atoms. The Kier molecular flexibility index (Phi) is 7.89. The predicted octanol–water partition coefficient (Wildman–Crippen LogP) is 4.35. The summed E-state index contributed by atoms with van der Waals surface area (Å²) in [5, 5.41) is 3.07. The molecule has 8 heteroatoms. The molecule has 8 nitrogen and oxygen atoms in total. The van der Waals surface area contributed by atoms with Crippen LogP contribution in [-0.4, -0.2) is 66.1 Å². The van der Waals surface area contributed by atoms with Crippen LogP contribution in [-0.2, 0) is 9.53 Å². The average Bonchev–Trinajstić information content (AvgIpc) is 3.35. The number of hydrogen-bond acceptors (Lipinski definition) is 5. The Morgan fingerprint density at radius 1 is 0.950 bits per heavy atom. The number of nitrogens with one attached hydrogen (secondary N) is 1. The van der Waals surface area contributed by atoms with E-state index in [1.807, 2.05) is 68.4 Å². The van der Waals surface area contributed by atoms with Crippen LogP contribution >= 0.6 is 0 Å². The number of aryl methyl sites for hydroxylation is 1. The van der Waals surface area contributed by atoms with Gasteiger partial charge in [-0.1, -0.05) is 54.6 Å². The normalized spacial score (nSPS) is 18.8. The number of amides is 3. The van der Waals surface area contributed by atoms with E-state index in [2.05, 4.69) is 5.32 Å². The molecule has 208 valence electrons. The summed E-state index contributed by atoms with van der Waals surface area (Å²) in [5.74, 6) is -0.0644. The van der Waals surface area contributed by atoms with E-state index in [0.717, 1.165) is 11.1 Å². The van der Waals surface area contributed by atoms with Crippen LogP contribution in [0.2, 0.25) is 0 Å². The molecule has 40 heavy (non-hydrogen) atoms. The van der Waals surface area contributed by atoms with Crippen molar-refractivity contribution in [2.24, 2.45) is 0 Å². The van der Waals surface area contributed by atoms with Crippen molar-refractivity contribution in [1.82, 2.24) is 15.1 Å². The molecule has 3 amide bonds. The Hall–Kier alpha value is -4.17. The highest BCUT2D eigenvalue weighted by Crippen LogP contribution is 2.39. The van der Waals surface area contributed by atoms with Crippen molar-refractivity contribution in [1.29, 1.82) is 0 Å². The van der Waals surface area contributed by atoms with Gasteiger partial charge in [0.15, 0.2) is 0 Å². The number of hydrogen-bond donors (Lipinski definition) is 1. The topological polar surface area (TPSA) is 88.2 Å². The van der Waals surface area contributed by atoms with Crippen LogP contribution in [0.4, 0.5) is 0 Å². The zero-order valence-corrected chi connectivity index (χ0v) is 23.1. The summed E-state index contributed by atoms with van der Waals surface area (Å²) in [6, 6.07) is 23.1. The van der Waals surface area contributed by atoms with Crippen LogP contribution < -0.4 is 10.1 Å². The van der Waals surface area contributed by atoms with Crippen LogP contribution in [0.5, 0.6) is 5.75 Å². The number of carbonyl (C=O) groups excluding carboxylic acids is 3. The number of nitrogens with zero attached hydrogens (tertiary/aromatic N) is 2. The van der Waals surface area contributed by atoms with Crippen molar-refractivity contribution in [3.8, 4) is 5.75 Å². The van der Waals surface area contributed by atoms with Crippen molar-refractivity contribution >= 4 is 17.7 Å². The maximum absolute atomic E-state index is 14.1. The van der Waals surface area contributed by atoms with Crippen LogP contribution in [0, 0.1) is 6.92 Å². The molecule has 3 aromatic rings. The van der Waals surface area contributed by atoms with Gasteiger partial charge >= 0.3 is 0 Å². The lowest BCUT2D eigenvalue weighted by atomic mass is 9.95. The van der Waals surface area contributed by atoms with E-state index in [9.17, 15) is 14.4 Å². The fourth-order valence-electron chi connectivity index (χ4n) is 5.64. The first-order valence-corrected chi connectivity index (χ1v) is 13.6. The fraction of sp³-hybridized carbons (Fsp3) is 0.344.